The van der Waals surface area contributed by atoms with Crippen molar-refractivity contribution in [2.45, 2.75) is 37.3 Å². The van der Waals surface area contributed by atoms with Gasteiger partial charge < -0.3 is 14.7 Å². The van der Waals surface area contributed by atoms with Crippen LogP contribution in [-0.2, 0) is 27.8 Å². The molecule has 36 heavy (non-hydrogen) atoms. The second-order valence-electron chi connectivity index (χ2n) is 8.68. The zero-order chi connectivity index (χ0) is 25.9. The zero-order valence-corrected chi connectivity index (χ0v) is 19.5. The molecule has 2 aromatic heterocycles. The Morgan fingerprint density at radius 2 is 1.78 bits per heavy atom. The van der Waals surface area contributed by atoms with Crippen molar-refractivity contribution in [2.75, 3.05) is 20.2 Å². The highest BCUT2D eigenvalue weighted by Gasteiger charge is 2.53. The van der Waals surface area contributed by atoms with E-state index in [-0.39, 0.29) is 11.3 Å². The summed E-state index contributed by atoms with van der Waals surface area (Å²) in [5.74, 6) is -1.68. The first kappa shape index (κ1) is 25.2. The predicted octanol–water partition coefficient (Wildman–Crippen LogP) is 3.77. The molecular weight excluding hydrogens is 477 g/mol. The number of hydrogen-bond donors (Lipinski definition) is 2. The van der Waals surface area contributed by atoms with E-state index < -0.39 is 12.1 Å². The number of rotatable bonds is 4. The molecule has 5 rings (SSSR count). The SMILES string of the molecule is COc1ccc(C2(C(=O)N3CCc4[nH]nc(-c5cccnc5)c4CC3)CC2)cc1.O=C(O)C(F)(F)F. The number of ether oxygens (including phenoxy) is 1. The maximum atomic E-state index is 13.5. The van der Waals surface area contributed by atoms with Crippen LogP contribution in [0.15, 0.2) is 48.8 Å². The van der Waals surface area contributed by atoms with Gasteiger partial charge in [0.25, 0.3) is 0 Å². The van der Waals surface area contributed by atoms with E-state index in [0.29, 0.717) is 0 Å². The van der Waals surface area contributed by atoms with Crippen molar-refractivity contribution >= 4 is 11.9 Å². The van der Waals surface area contributed by atoms with Crippen molar-refractivity contribution in [3.8, 4) is 17.0 Å². The Bertz CT molecular complexity index is 1220. The summed E-state index contributed by atoms with van der Waals surface area (Å²) in [6.45, 7) is 1.44. The Morgan fingerprint density at radius 3 is 2.33 bits per heavy atom. The second-order valence-corrected chi connectivity index (χ2v) is 8.68. The molecule has 1 aromatic carbocycles. The third-order valence-corrected chi connectivity index (χ3v) is 6.48. The number of halogens is 3. The minimum absolute atomic E-state index is 0.253. The summed E-state index contributed by atoms with van der Waals surface area (Å²) < 4.78 is 37.0. The summed E-state index contributed by atoms with van der Waals surface area (Å²) in [7, 11) is 1.66. The van der Waals surface area contributed by atoms with Crippen molar-refractivity contribution in [1.29, 1.82) is 0 Å². The van der Waals surface area contributed by atoms with E-state index in [2.05, 4.69) is 15.2 Å². The number of carbonyl (C=O) groups excluding carboxylic acids is 1. The molecule has 190 valence electrons. The molecule has 1 saturated carbocycles. The van der Waals surface area contributed by atoms with Gasteiger partial charge in [0.2, 0.25) is 5.91 Å². The number of aromatic nitrogens is 3. The molecular formula is C25H25F3N4O4. The molecule has 1 aliphatic carbocycles. The van der Waals surface area contributed by atoms with Gasteiger partial charge in [0.15, 0.2) is 0 Å². The standard InChI is InChI=1S/C23H24N4O2.C2HF3O2/c1-29-18-6-4-17(5-7-18)23(10-11-23)22(28)27-13-8-19-20(9-14-27)25-26-21(19)16-3-2-12-24-15-16;3-2(4,5)1(6)7/h2-7,12,15H,8-11,13-14H2,1H3,(H,25,26);(H,6,7). The molecule has 0 spiro atoms. The quantitative estimate of drug-likeness (QED) is 0.562. The lowest BCUT2D eigenvalue weighted by Gasteiger charge is -2.26. The Balaban J connectivity index is 0.000000384. The monoisotopic (exact) mass is 502 g/mol. The second kappa shape index (κ2) is 10.00. The fourth-order valence-electron chi connectivity index (χ4n) is 4.39. The van der Waals surface area contributed by atoms with Gasteiger partial charge in [-0.1, -0.05) is 12.1 Å². The number of carbonyl (C=O) groups is 2. The Morgan fingerprint density at radius 1 is 1.11 bits per heavy atom. The normalized spacial score (nSPS) is 16.2. The zero-order valence-electron chi connectivity index (χ0n) is 19.5. The molecule has 0 unspecified atom stereocenters. The molecule has 1 amide bonds. The number of aromatic amines is 1. The molecule has 2 N–H and O–H groups in total. The molecule has 11 heteroatoms. The first-order valence-corrected chi connectivity index (χ1v) is 11.4. The van der Waals surface area contributed by atoms with Gasteiger partial charge in [-0.15, -0.1) is 0 Å². The number of nitrogens with zero attached hydrogens (tertiary/aromatic N) is 3. The average Bonchev–Trinajstić information content (AvgIpc) is 3.63. The summed E-state index contributed by atoms with van der Waals surface area (Å²) in [4.78, 5) is 28.6. The summed E-state index contributed by atoms with van der Waals surface area (Å²) in [6, 6.07) is 11.9. The summed E-state index contributed by atoms with van der Waals surface area (Å²) >= 11 is 0. The number of carboxylic acids is 1. The van der Waals surface area contributed by atoms with Crippen LogP contribution in [0.2, 0.25) is 0 Å². The van der Waals surface area contributed by atoms with Crippen LogP contribution in [0.25, 0.3) is 11.3 Å². The number of fused-ring (bicyclic) bond motifs is 1. The molecule has 3 aromatic rings. The molecule has 0 atom stereocenters. The van der Waals surface area contributed by atoms with Gasteiger partial charge in [-0.25, -0.2) is 4.79 Å². The third-order valence-electron chi connectivity index (χ3n) is 6.48. The molecule has 2 aliphatic rings. The van der Waals surface area contributed by atoms with E-state index in [1.807, 2.05) is 47.5 Å². The van der Waals surface area contributed by atoms with Gasteiger partial charge in [0.1, 0.15) is 5.75 Å². The van der Waals surface area contributed by atoms with Gasteiger partial charge in [0.05, 0.1) is 18.2 Å². The van der Waals surface area contributed by atoms with Gasteiger partial charge in [0, 0.05) is 48.7 Å². The van der Waals surface area contributed by atoms with Gasteiger partial charge in [-0.05, 0) is 49.1 Å². The third kappa shape index (κ3) is 5.19. The number of methoxy groups -OCH3 is 1. The number of aliphatic carboxylic acids is 1. The minimum Gasteiger partial charge on any atom is -0.497 e. The van der Waals surface area contributed by atoms with Crippen molar-refractivity contribution in [3.63, 3.8) is 0 Å². The smallest absolute Gasteiger partial charge is 0.490 e. The van der Waals surface area contributed by atoms with Crippen LogP contribution in [0.4, 0.5) is 13.2 Å². The Labute approximate surface area is 205 Å². The van der Waals surface area contributed by atoms with Crippen molar-refractivity contribution in [2.24, 2.45) is 0 Å². The average molecular weight is 502 g/mol. The molecule has 0 radical (unpaired) electrons. The lowest BCUT2D eigenvalue weighted by atomic mass is 9.94. The highest BCUT2D eigenvalue weighted by atomic mass is 19.4. The maximum absolute atomic E-state index is 13.5. The number of amides is 1. The van der Waals surface area contributed by atoms with E-state index in [1.165, 1.54) is 5.56 Å². The molecule has 3 heterocycles. The van der Waals surface area contributed by atoms with E-state index in [4.69, 9.17) is 14.6 Å². The highest BCUT2D eigenvalue weighted by molar-refractivity contribution is 5.91. The first-order chi connectivity index (χ1) is 17.2. The van der Waals surface area contributed by atoms with Crippen LogP contribution >= 0.6 is 0 Å². The van der Waals surface area contributed by atoms with E-state index in [0.717, 1.165) is 67.0 Å². The summed E-state index contributed by atoms with van der Waals surface area (Å²) in [5.41, 5.74) is 5.06. The lowest BCUT2D eigenvalue weighted by Crippen LogP contribution is -2.40. The van der Waals surface area contributed by atoms with Crippen molar-refractivity contribution < 1.29 is 32.6 Å². The molecule has 1 fully saturated rings. The highest BCUT2D eigenvalue weighted by Crippen LogP contribution is 2.50. The molecule has 0 bridgehead atoms. The van der Waals surface area contributed by atoms with Crippen LogP contribution in [-0.4, -0.2) is 63.4 Å². The summed E-state index contributed by atoms with van der Waals surface area (Å²) in [5, 5.41) is 14.8. The number of nitrogens with one attached hydrogen (secondary N) is 1. The maximum Gasteiger partial charge on any atom is 0.490 e. The van der Waals surface area contributed by atoms with Crippen LogP contribution in [0.1, 0.15) is 29.7 Å². The fraction of sp³-hybridized carbons (Fsp3) is 0.360. The Hall–Kier alpha value is -3.89. The topological polar surface area (TPSA) is 108 Å². The number of carboxylic acid groups (broad SMARTS) is 1. The van der Waals surface area contributed by atoms with Crippen LogP contribution < -0.4 is 4.74 Å². The van der Waals surface area contributed by atoms with Gasteiger partial charge in [-0.3, -0.25) is 14.9 Å². The number of alkyl halides is 3. The summed E-state index contributed by atoms with van der Waals surface area (Å²) in [6.07, 6.45) is 1.97. The van der Waals surface area contributed by atoms with Crippen molar-refractivity contribution in [3.05, 3.63) is 65.6 Å². The number of pyridine rings is 1. The molecule has 0 saturated heterocycles. The van der Waals surface area contributed by atoms with Gasteiger partial charge in [-0.2, -0.15) is 18.3 Å². The molecule has 1 aliphatic heterocycles. The fourth-order valence-corrected chi connectivity index (χ4v) is 4.39. The predicted molar refractivity (Wildman–Crippen MR) is 123 cm³/mol. The largest absolute Gasteiger partial charge is 0.497 e. The van der Waals surface area contributed by atoms with E-state index >= 15 is 0 Å². The van der Waals surface area contributed by atoms with Crippen molar-refractivity contribution in [1.82, 2.24) is 20.1 Å². The van der Waals surface area contributed by atoms with Gasteiger partial charge >= 0.3 is 12.1 Å². The number of benzene rings is 1. The van der Waals surface area contributed by atoms with E-state index in [9.17, 15) is 18.0 Å². The minimum atomic E-state index is -5.08. The Kier molecular flexibility index (Phi) is 7.00. The van der Waals surface area contributed by atoms with Crippen LogP contribution in [0.3, 0.4) is 0 Å². The number of H-pyrrole nitrogens is 1. The first-order valence-electron chi connectivity index (χ1n) is 11.4. The van der Waals surface area contributed by atoms with Crippen LogP contribution in [0.5, 0.6) is 5.75 Å². The van der Waals surface area contributed by atoms with E-state index in [1.54, 1.807) is 13.3 Å². The number of hydrogen-bond acceptors (Lipinski definition) is 5. The van der Waals surface area contributed by atoms with Crippen LogP contribution in [0, 0.1) is 0 Å². The lowest BCUT2D eigenvalue weighted by molar-refractivity contribution is -0.192. The molecule has 8 nitrogen and oxygen atoms in total.